The number of benzene rings is 1. The predicted octanol–water partition coefficient (Wildman–Crippen LogP) is 4.75. The number of nitrogens with zero attached hydrogens (tertiary/aromatic N) is 3. The van der Waals surface area contributed by atoms with Gasteiger partial charge in [-0.1, -0.05) is 28.4 Å². The maximum atomic E-state index is 12.5. The molecule has 0 atom stereocenters. The highest BCUT2D eigenvalue weighted by atomic mass is 35.5. The van der Waals surface area contributed by atoms with Crippen molar-refractivity contribution in [3.8, 4) is 0 Å². The Morgan fingerprint density at radius 1 is 1.00 bits per heavy atom. The summed E-state index contributed by atoms with van der Waals surface area (Å²) in [6.45, 7) is 6.46. The Labute approximate surface area is 211 Å². The first kappa shape index (κ1) is 24.2. The number of anilines is 1. The summed E-state index contributed by atoms with van der Waals surface area (Å²) in [7, 11) is 0. The summed E-state index contributed by atoms with van der Waals surface area (Å²) in [5, 5.41) is 9.52. The summed E-state index contributed by atoms with van der Waals surface area (Å²) in [5.74, 6) is 2.01. The number of carbonyl (C=O) groups excluding carboxylic acids is 1. The smallest absolute Gasteiger partial charge is 0.223 e. The summed E-state index contributed by atoms with van der Waals surface area (Å²) < 4.78 is 10.9. The van der Waals surface area contributed by atoms with E-state index in [1.165, 1.54) is 19.3 Å². The van der Waals surface area contributed by atoms with Crippen molar-refractivity contribution in [3.63, 3.8) is 0 Å². The Bertz CT molecular complexity index is 978. The minimum Gasteiger partial charge on any atom is -0.381 e. The average molecular weight is 509 g/mol. The van der Waals surface area contributed by atoms with Gasteiger partial charge in [-0.15, -0.1) is 0 Å². The van der Waals surface area contributed by atoms with E-state index in [1.807, 2.05) is 6.07 Å². The fourth-order valence-corrected chi connectivity index (χ4v) is 5.89. The van der Waals surface area contributed by atoms with E-state index in [9.17, 15) is 4.79 Å². The van der Waals surface area contributed by atoms with Crippen LogP contribution in [-0.4, -0.2) is 67.9 Å². The van der Waals surface area contributed by atoms with Crippen molar-refractivity contribution >= 4 is 45.9 Å². The van der Waals surface area contributed by atoms with Crippen LogP contribution in [0.25, 0.3) is 11.0 Å². The van der Waals surface area contributed by atoms with Crippen LogP contribution in [0.1, 0.15) is 44.9 Å². The highest BCUT2D eigenvalue weighted by Crippen LogP contribution is 2.34. The van der Waals surface area contributed by atoms with Gasteiger partial charge in [-0.3, -0.25) is 9.69 Å². The fraction of sp³-hybridized carbons (Fsp3) is 0.680. The number of carbonyl (C=O) groups is 1. The Morgan fingerprint density at radius 3 is 2.44 bits per heavy atom. The second-order valence-electron chi connectivity index (χ2n) is 10.00. The van der Waals surface area contributed by atoms with E-state index in [2.05, 4.69) is 20.3 Å². The molecule has 0 unspecified atom stereocenters. The van der Waals surface area contributed by atoms with E-state index >= 15 is 0 Å². The Kier molecular flexibility index (Phi) is 7.83. The van der Waals surface area contributed by atoms with Crippen LogP contribution in [0, 0.1) is 11.8 Å². The third-order valence-electron chi connectivity index (χ3n) is 7.80. The number of rotatable bonds is 6. The van der Waals surface area contributed by atoms with Crippen LogP contribution in [0.2, 0.25) is 10.0 Å². The van der Waals surface area contributed by atoms with E-state index in [0.717, 1.165) is 88.7 Å². The molecular formula is C25H34Cl2N4O3. The molecule has 0 bridgehead atoms. The molecule has 1 aromatic carbocycles. The van der Waals surface area contributed by atoms with Gasteiger partial charge in [-0.05, 0) is 63.5 Å². The van der Waals surface area contributed by atoms with Crippen molar-refractivity contribution in [2.75, 3.05) is 50.8 Å². The second-order valence-corrected chi connectivity index (χ2v) is 10.8. The summed E-state index contributed by atoms with van der Waals surface area (Å²) in [6, 6.07) is 3.94. The van der Waals surface area contributed by atoms with E-state index in [4.69, 9.17) is 32.5 Å². The van der Waals surface area contributed by atoms with Crippen LogP contribution in [0.3, 0.4) is 0 Å². The first-order valence-corrected chi connectivity index (χ1v) is 13.4. The van der Waals surface area contributed by atoms with Gasteiger partial charge < -0.3 is 19.5 Å². The van der Waals surface area contributed by atoms with Crippen molar-refractivity contribution in [2.45, 2.75) is 51.0 Å². The number of hydrogen-bond acceptors (Lipinski definition) is 6. The van der Waals surface area contributed by atoms with Crippen molar-refractivity contribution in [1.82, 2.24) is 15.4 Å². The number of hydrogen-bond donors (Lipinski definition) is 1. The molecule has 1 saturated carbocycles. The number of piperazine rings is 1. The van der Waals surface area contributed by atoms with E-state index in [1.54, 1.807) is 6.07 Å². The van der Waals surface area contributed by atoms with Gasteiger partial charge in [0.25, 0.3) is 0 Å². The second kappa shape index (κ2) is 11.0. The largest absolute Gasteiger partial charge is 0.381 e. The van der Waals surface area contributed by atoms with Gasteiger partial charge in [-0.25, -0.2) is 0 Å². The van der Waals surface area contributed by atoms with E-state index in [0.29, 0.717) is 21.7 Å². The molecule has 2 saturated heterocycles. The maximum absolute atomic E-state index is 12.5. The van der Waals surface area contributed by atoms with Crippen molar-refractivity contribution in [2.24, 2.45) is 11.8 Å². The van der Waals surface area contributed by atoms with Crippen LogP contribution in [0.4, 0.5) is 5.82 Å². The molecule has 186 valence electrons. The van der Waals surface area contributed by atoms with E-state index < -0.39 is 0 Å². The number of amides is 1. The Hall–Kier alpha value is -1.54. The lowest BCUT2D eigenvalue weighted by molar-refractivity contribution is -0.128. The number of nitrogens with one attached hydrogen (secondary N) is 1. The standard InChI is InChI=1S/C25H34Cl2N4O3/c26-21-15-20-23(16-22(21)27)34-29-24(20)31-11-9-30(10-12-31)8-5-17-1-3-19(4-2-17)28-25(32)18-6-13-33-14-7-18/h15-19H,1-14H2,(H,28,32)/t17-,19-. The molecule has 0 radical (unpaired) electrons. The quantitative estimate of drug-likeness (QED) is 0.606. The topological polar surface area (TPSA) is 70.8 Å². The summed E-state index contributed by atoms with van der Waals surface area (Å²) >= 11 is 12.3. The lowest BCUT2D eigenvalue weighted by atomic mass is 9.83. The molecule has 3 heterocycles. The zero-order chi connectivity index (χ0) is 23.5. The highest BCUT2D eigenvalue weighted by molar-refractivity contribution is 6.42. The summed E-state index contributed by atoms with van der Waals surface area (Å²) in [5.41, 5.74) is 0.673. The minimum absolute atomic E-state index is 0.148. The van der Waals surface area contributed by atoms with Crippen LogP contribution in [0.15, 0.2) is 16.7 Å². The summed E-state index contributed by atoms with van der Waals surface area (Å²) in [4.78, 5) is 17.3. The van der Waals surface area contributed by atoms with E-state index in [-0.39, 0.29) is 11.8 Å². The average Bonchev–Trinajstić information content (AvgIpc) is 3.27. The molecule has 9 heteroatoms. The van der Waals surface area contributed by atoms with Crippen LogP contribution < -0.4 is 10.2 Å². The number of halogens is 2. The molecule has 34 heavy (non-hydrogen) atoms. The van der Waals surface area contributed by atoms with Crippen LogP contribution in [0.5, 0.6) is 0 Å². The molecule has 0 spiro atoms. The third-order valence-corrected chi connectivity index (χ3v) is 8.53. The molecular weight excluding hydrogens is 475 g/mol. The van der Waals surface area contributed by atoms with Gasteiger partial charge in [0.05, 0.1) is 15.4 Å². The lowest BCUT2D eigenvalue weighted by Crippen LogP contribution is -2.47. The molecule has 1 N–H and O–H groups in total. The van der Waals surface area contributed by atoms with Crippen molar-refractivity contribution in [3.05, 3.63) is 22.2 Å². The number of fused-ring (bicyclic) bond motifs is 1. The van der Waals surface area contributed by atoms with Crippen LogP contribution in [-0.2, 0) is 9.53 Å². The monoisotopic (exact) mass is 508 g/mol. The lowest BCUT2D eigenvalue weighted by Gasteiger charge is -2.36. The highest BCUT2D eigenvalue weighted by Gasteiger charge is 2.28. The first-order valence-electron chi connectivity index (χ1n) is 12.7. The van der Waals surface area contributed by atoms with Crippen molar-refractivity contribution in [1.29, 1.82) is 0 Å². The van der Waals surface area contributed by atoms with Gasteiger partial charge in [0.2, 0.25) is 5.91 Å². The normalized spacial score (nSPS) is 25.1. The fourth-order valence-electron chi connectivity index (χ4n) is 5.57. The first-order chi connectivity index (χ1) is 16.6. The molecule has 3 aliphatic rings. The minimum atomic E-state index is 0.148. The molecule has 1 aliphatic carbocycles. The predicted molar refractivity (Wildman–Crippen MR) is 135 cm³/mol. The van der Waals surface area contributed by atoms with Crippen LogP contribution >= 0.6 is 23.2 Å². The maximum Gasteiger partial charge on any atom is 0.223 e. The van der Waals surface area contributed by atoms with Gasteiger partial charge >= 0.3 is 0 Å². The molecule has 1 aromatic heterocycles. The van der Waals surface area contributed by atoms with Gasteiger partial charge in [0, 0.05) is 57.4 Å². The SMILES string of the molecule is O=C(N[C@H]1CC[C@H](CCN2CCN(c3noc4cc(Cl)c(Cl)cc34)CC2)CC1)C1CCOCC1. The molecule has 2 aromatic rings. The van der Waals surface area contributed by atoms with Crippen molar-refractivity contribution < 1.29 is 14.1 Å². The zero-order valence-corrected chi connectivity index (χ0v) is 21.1. The Balaban J connectivity index is 1.03. The molecule has 7 nitrogen and oxygen atoms in total. The zero-order valence-electron chi connectivity index (χ0n) is 19.6. The molecule has 3 fully saturated rings. The van der Waals surface area contributed by atoms with Gasteiger partial charge in [0.15, 0.2) is 11.4 Å². The number of ether oxygens (including phenoxy) is 1. The third kappa shape index (κ3) is 5.64. The van der Waals surface area contributed by atoms with Gasteiger partial charge in [-0.2, -0.15) is 0 Å². The Morgan fingerprint density at radius 2 is 1.71 bits per heavy atom. The van der Waals surface area contributed by atoms with Gasteiger partial charge in [0.1, 0.15) is 0 Å². The number of aromatic nitrogens is 1. The molecule has 5 rings (SSSR count). The molecule has 2 aliphatic heterocycles. The summed E-state index contributed by atoms with van der Waals surface area (Å²) in [6.07, 6.45) is 7.62. The molecule has 1 amide bonds.